The van der Waals surface area contributed by atoms with Gasteiger partial charge in [-0.2, -0.15) is 0 Å². The Kier molecular flexibility index (Phi) is 4.55. The van der Waals surface area contributed by atoms with Crippen molar-refractivity contribution in [2.45, 2.75) is 57.8 Å². The third-order valence-electron chi connectivity index (χ3n) is 12.0. The second-order valence-corrected chi connectivity index (χ2v) is 16.4. The largest absolute Gasteiger partial charge is 0.294 e. The van der Waals surface area contributed by atoms with Gasteiger partial charge in [0.2, 0.25) is 12.4 Å². The van der Waals surface area contributed by atoms with E-state index in [-0.39, 0.29) is 10.8 Å². The molecule has 2 spiro atoms. The van der Waals surface area contributed by atoms with Crippen molar-refractivity contribution in [3.8, 4) is 22.4 Å². The Morgan fingerprint density at radius 1 is 0.500 bits per heavy atom. The molecule has 0 bridgehead atoms. The molecule has 0 saturated carbocycles. The summed E-state index contributed by atoms with van der Waals surface area (Å²) in [5, 5.41) is 3.93. The van der Waals surface area contributed by atoms with Crippen molar-refractivity contribution in [1.82, 2.24) is 4.70 Å². The quantitative estimate of drug-likeness (QED) is 0.0906. The van der Waals surface area contributed by atoms with Crippen molar-refractivity contribution in [3.63, 3.8) is 0 Å². The van der Waals surface area contributed by atoms with Crippen LogP contribution < -0.4 is 14.1 Å². The summed E-state index contributed by atoms with van der Waals surface area (Å²) in [5.41, 5.74) is 17.1. The summed E-state index contributed by atoms with van der Waals surface area (Å²) >= 11 is 0. The highest BCUT2D eigenvalue weighted by atomic mass is 15.9. The van der Waals surface area contributed by atoms with Gasteiger partial charge in [-0.1, -0.05) is 108 Å². The number of hydrogen-bond donors (Lipinski definition) is 0. The Labute approximate surface area is 281 Å². The third kappa shape index (κ3) is 2.75. The van der Waals surface area contributed by atoms with Gasteiger partial charge in [0.25, 0.3) is 22.6 Å². The molecule has 0 amide bonds. The van der Waals surface area contributed by atoms with Crippen LogP contribution in [0.15, 0.2) is 122 Å². The first-order valence-corrected chi connectivity index (χ1v) is 17.3. The molecule has 2 aromatic heterocycles. The predicted molar refractivity (Wildman–Crippen MR) is 194 cm³/mol. The molecule has 0 radical (unpaired) electrons. The van der Waals surface area contributed by atoms with Gasteiger partial charge in [-0.15, -0.1) is 0 Å². The van der Waals surface area contributed by atoms with Crippen LogP contribution in [0.5, 0.6) is 0 Å². The van der Waals surface area contributed by atoms with Crippen LogP contribution in [0.25, 0.3) is 44.1 Å². The van der Waals surface area contributed by atoms with Crippen LogP contribution in [0.1, 0.15) is 74.9 Å². The molecule has 0 N–H and O–H groups in total. The van der Waals surface area contributed by atoms with E-state index in [1.165, 1.54) is 88.8 Å². The zero-order valence-electron chi connectivity index (χ0n) is 28.4. The van der Waals surface area contributed by atoms with Crippen LogP contribution in [-0.4, -0.2) is 0 Å². The topological polar surface area (TPSA) is 7.76 Å². The van der Waals surface area contributed by atoms with E-state index in [0.29, 0.717) is 4.70 Å². The molecule has 11 rings (SSSR count). The van der Waals surface area contributed by atoms with Gasteiger partial charge in [-0.05, 0) is 73.9 Å². The molecule has 48 heavy (non-hydrogen) atoms. The second-order valence-electron chi connectivity index (χ2n) is 16.4. The molecule has 3 heteroatoms. The van der Waals surface area contributed by atoms with Crippen LogP contribution in [0.4, 0.5) is 11.4 Å². The van der Waals surface area contributed by atoms with E-state index in [1.807, 2.05) is 0 Å². The van der Waals surface area contributed by atoms with Crippen LogP contribution >= 0.6 is 0 Å². The minimum absolute atomic E-state index is 0.0185. The molecule has 230 valence electrons. The first-order valence-electron chi connectivity index (χ1n) is 17.3. The summed E-state index contributed by atoms with van der Waals surface area (Å²) < 4.78 is 5.65. The molecule has 3 aliphatic heterocycles. The smallest absolute Gasteiger partial charge is 0.0619 e. The van der Waals surface area contributed by atoms with Gasteiger partial charge in [0.1, 0.15) is 10.9 Å². The van der Waals surface area contributed by atoms with E-state index in [0.717, 1.165) is 0 Å². The Bertz CT molecular complexity index is 2600. The molecular formula is C45H38N3+3. The standard InChI is InChI=1S/C45H38N3/c1-43(2,3)29-21-23-46-38(26-29)33-24-30(44(4,5)6)25-37-41(33)48(46)42-36(20-19-27-17-18-28-12-11-22-47(48)40(28)39(27)42)45(37)34-15-9-7-13-31(34)32-14-8-10-16-35(32)45/h7-26H,1-6H3/q+3. The number of benzene rings is 5. The molecule has 5 heterocycles. The highest BCUT2D eigenvalue weighted by Gasteiger charge is 2.75. The minimum atomic E-state index is -0.468. The van der Waals surface area contributed by atoms with Gasteiger partial charge >= 0.3 is 0 Å². The fraction of sp³-hybridized carbons (Fsp3) is 0.200. The molecule has 3 nitrogen and oxygen atoms in total. The van der Waals surface area contributed by atoms with E-state index in [9.17, 15) is 0 Å². The van der Waals surface area contributed by atoms with Gasteiger partial charge in [0.05, 0.1) is 20.2 Å². The fourth-order valence-electron chi connectivity index (χ4n) is 9.85. The average Bonchev–Trinajstić information content (AvgIpc) is 3.67. The maximum Gasteiger partial charge on any atom is 0.294 e. The van der Waals surface area contributed by atoms with Crippen LogP contribution in [-0.2, 0) is 16.2 Å². The van der Waals surface area contributed by atoms with Gasteiger partial charge < -0.3 is 0 Å². The van der Waals surface area contributed by atoms with Crippen molar-refractivity contribution in [2.75, 3.05) is 0 Å². The summed E-state index contributed by atoms with van der Waals surface area (Å²) in [4.78, 5) is 0. The first kappa shape index (κ1) is 26.9. The van der Waals surface area contributed by atoms with Crippen molar-refractivity contribution in [3.05, 3.63) is 155 Å². The Morgan fingerprint density at radius 3 is 1.88 bits per heavy atom. The second kappa shape index (κ2) is 8.11. The van der Waals surface area contributed by atoms with Gasteiger partial charge in [0.15, 0.2) is 4.70 Å². The molecule has 1 aliphatic carbocycles. The number of rotatable bonds is 0. The number of quaternary nitrogens is 1. The normalized spacial score (nSPS) is 18.5. The van der Waals surface area contributed by atoms with Crippen LogP contribution in [0, 0.1) is 0 Å². The van der Waals surface area contributed by atoms with E-state index >= 15 is 0 Å². The van der Waals surface area contributed by atoms with E-state index in [2.05, 4.69) is 172 Å². The zero-order valence-corrected chi connectivity index (χ0v) is 28.4. The summed E-state index contributed by atoms with van der Waals surface area (Å²) in [6.45, 7) is 14.1. The molecule has 0 saturated heterocycles. The Morgan fingerprint density at radius 2 is 1.17 bits per heavy atom. The lowest BCUT2D eigenvalue weighted by molar-refractivity contribution is -1.02. The zero-order chi connectivity index (χ0) is 32.5. The van der Waals surface area contributed by atoms with Gasteiger partial charge in [-0.25, -0.2) is 0 Å². The number of pyridine rings is 2. The van der Waals surface area contributed by atoms with Crippen molar-refractivity contribution in [2.24, 2.45) is 0 Å². The molecule has 1 atom stereocenters. The van der Waals surface area contributed by atoms with E-state index in [1.54, 1.807) is 0 Å². The van der Waals surface area contributed by atoms with Crippen LogP contribution in [0.3, 0.4) is 0 Å². The van der Waals surface area contributed by atoms with Crippen molar-refractivity contribution in [1.29, 1.82) is 0 Å². The lowest BCUT2D eigenvalue weighted by Gasteiger charge is -2.39. The molecule has 4 aliphatic rings. The number of fused-ring (bicyclic) bond motifs is 9. The third-order valence-corrected chi connectivity index (χ3v) is 12.0. The summed E-state index contributed by atoms with van der Waals surface area (Å²) in [6, 6.07) is 42.4. The summed E-state index contributed by atoms with van der Waals surface area (Å²) in [7, 11) is 0. The first-order chi connectivity index (χ1) is 23.1. The summed E-state index contributed by atoms with van der Waals surface area (Å²) in [6.07, 6.45) is 4.70. The molecule has 7 aromatic rings. The minimum Gasteiger partial charge on any atom is -0.0619 e. The number of nitrogens with zero attached hydrogens (tertiary/aromatic N) is 3. The molecular weight excluding hydrogens is 583 g/mol. The summed E-state index contributed by atoms with van der Waals surface area (Å²) in [5.74, 6) is 0. The highest BCUT2D eigenvalue weighted by molar-refractivity contribution is 6.15. The number of hydrogen-bond acceptors (Lipinski definition) is 0. The lowest BCUT2D eigenvalue weighted by Crippen LogP contribution is -2.82. The molecule has 5 aromatic carbocycles. The van der Waals surface area contributed by atoms with Crippen molar-refractivity contribution >= 4 is 33.1 Å². The average molecular weight is 621 g/mol. The Hall–Kier alpha value is -5.12. The van der Waals surface area contributed by atoms with E-state index in [4.69, 9.17) is 0 Å². The van der Waals surface area contributed by atoms with Crippen LogP contribution in [0.2, 0.25) is 0 Å². The lowest BCUT2D eigenvalue weighted by atomic mass is 9.63. The van der Waals surface area contributed by atoms with E-state index < -0.39 is 5.41 Å². The monoisotopic (exact) mass is 620 g/mol. The SMILES string of the molecule is CC(C)(C)c1cc2c3c(c1)C1(c4ccccc4-c4ccccc41)c1ccc4ccc5ccc[n+]6c5c4c1[N+]36[n+]1ccc(C(C)(C)C)cc1-2. The highest BCUT2D eigenvalue weighted by Crippen LogP contribution is 2.68. The fourth-order valence-corrected chi connectivity index (χ4v) is 9.85. The molecule has 0 fully saturated rings. The maximum atomic E-state index is 2.59. The van der Waals surface area contributed by atoms with Gasteiger partial charge in [0, 0.05) is 29.3 Å². The predicted octanol–water partition coefficient (Wildman–Crippen LogP) is 9.70. The Balaban J connectivity index is 1.46. The molecule has 1 unspecified atom stereocenters. The maximum absolute atomic E-state index is 2.59. The van der Waals surface area contributed by atoms with Gasteiger partial charge in [-0.3, -0.25) is 0 Å². The van der Waals surface area contributed by atoms with Crippen molar-refractivity contribution < 1.29 is 9.35 Å². The number of aromatic nitrogens is 2.